The SMILES string of the molecule is C=C/N=N\N(CCC[C@H](NC(=O)N[C@@H](CCC(=O)O)C(=O)O)C(=O)O)C(C)OCCOCCNC(=O)COc1cccc([C@@H](CCc2ccc(OC)c(OC)c2)OC(=O)[C@@H]2CCCCN2C(=O)C(CCCC)c2cc(OC)c(OC)c(OC)c2)c1. The fourth-order valence-electron chi connectivity index (χ4n) is 9.36. The van der Waals surface area contributed by atoms with E-state index in [1.54, 1.807) is 56.4 Å². The first-order valence-electron chi connectivity index (χ1n) is 28.1. The number of unbranched alkanes of at least 4 members (excludes halogenated alkanes) is 1. The van der Waals surface area contributed by atoms with E-state index in [0.29, 0.717) is 84.3 Å². The number of rotatable bonds is 40. The molecule has 3 aromatic rings. The molecule has 1 saturated heterocycles. The Labute approximate surface area is 495 Å². The van der Waals surface area contributed by atoms with Crippen LogP contribution in [0.25, 0.3) is 0 Å². The van der Waals surface area contributed by atoms with Crippen molar-refractivity contribution in [2.75, 3.05) is 81.6 Å². The third kappa shape index (κ3) is 22.6. The monoisotopic (exact) mass is 1190 g/mol. The van der Waals surface area contributed by atoms with Gasteiger partial charge in [-0.2, -0.15) is 0 Å². The van der Waals surface area contributed by atoms with Crippen LogP contribution in [0.1, 0.15) is 113 Å². The number of nitrogens with one attached hydrogen (secondary N) is 3. The summed E-state index contributed by atoms with van der Waals surface area (Å²) in [6.07, 6.45) is 3.65. The highest BCUT2D eigenvalue weighted by atomic mass is 16.6. The molecule has 2 unspecified atom stereocenters. The Balaban J connectivity index is 1.35. The number of likely N-dealkylation sites (tertiary alicyclic amines) is 1. The predicted molar refractivity (Wildman–Crippen MR) is 308 cm³/mol. The Morgan fingerprint density at radius 1 is 0.776 bits per heavy atom. The minimum Gasteiger partial charge on any atom is -0.493 e. The second kappa shape index (κ2) is 37.0. The van der Waals surface area contributed by atoms with Crippen LogP contribution in [-0.4, -0.2) is 173 Å². The fraction of sp³-hybridized carbons (Fsp3) is 0.542. The number of aryl methyl sites for hydroxylation is 1. The van der Waals surface area contributed by atoms with E-state index in [2.05, 4.69) is 39.8 Å². The molecule has 1 aliphatic heterocycles. The fourth-order valence-corrected chi connectivity index (χ4v) is 9.36. The van der Waals surface area contributed by atoms with Gasteiger partial charge in [0, 0.05) is 32.3 Å². The van der Waals surface area contributed by atoms with Gasteiger partial charge < -0.3 is 78.8 Å². The molecular weight excluding hydrogens is 1110 g/mol. The Morgan fingerprint density at radius 2 is 1.47 bits per heavy atom. The molecule has 0 spiro atoms. The number of nitrogens with zero attached hydrogens (tertiary/aromatic N) is 4. The van der Waals surface area contributed by atoms with Crippen molar-refractivity contribution in [1.82, 2.24) is 25.9 Å². The zero-order valence-electron chi connectivity index (χ0n) is 49.5. The van der Waals surface area contributed by atoms with Crippen molar-refractivity contribution >= 4 is 41.7 Å². The molecular formula is C59H83N7O19. The van der Waals surface area contributed by atoms with Crippen molar-refractivity contribution in [2.45, 2.75) is 127 Å². The number of carbonyl (C=O) groups is 7. The molecule has 26 heteroatoms. The van der Waals surface area contributed by atoms with E-state index in [-0.39, 0.29) is 58.3 Å². The third-order valence-corrected chi connectivity index (χ3v) is 13.9. The number of hydrogen-bond acceptors (Lipinski definition) is 18. The summed E-state index contributed by atoms with van der Waals surface area (Å²) in [4.78, 5) is 90.7. The van der Waals surface area contributed by atoms with Gasteiger partial charge in [-0.1, -0.05) is 49.8 Å². The highest BCUT2D eigenvalue weighted by Crippen LogP contribution is 2.42. The molecule has 1 heterocycles. The Morgan fingerprint density at radius 3 is 2.11 bits per heavy atom. The molecule has 6 atom stereocenters. The molecule has 4 amide bonds. The molecule has 0 aromatic heterocycles. The van der Waals surface area contributed by atoms with Crippen molar-refractivity contribution < 1.29 is 91.5 Å². The first-order valence-corrected chi connectivity index (χ1v) is 28.1. The summed E-state index contributed by atoms with van der Waals surface area (Å²) < 4.78 is 51.8. The van der Waals surface area contributed by atoms with Crippen LogP contribution >= 0.6 is 0 Å². The molecule has 1 fully saturated rings. The summed E-state index contributed by atoms with van der Waals surface area (Å²) in [6, 6.07) is 11.2. The molecule has 0 radical (unpaired) electrons. The molecule has 468 valence electrons. The zero-order valence-corrected chi connectivity index (χ0v) is 49.5. The van der Waals surface area contributed by atoms with Gasteiger partial charge in [-0.3, -0.25) is 19.4 Å². The number of ether oxygens (including phenoxy) is 9. The summed E-state index contributed by atoms with van der Waals surface area (Å²) in [7, 11) is 7.67. The Hall–Kier alpha value is -8.39. The number of carboxylic acid groups (broad SMARTS) is 3. The molecule has 0 bridgehead atoms. The minimum absolute atomic E-state index is 0.0953. The summed E-state index contributed by atoms with van der Waals surface area (Å²) in [6.45, 7) is 7.90. The lowest BCUT2D eigenvalue weighted by Crippen LogP contribution is -2.51. The summed E-state index contributed by atoms with van der Waals surface area (Å²) in [5.74, 6) is -3.16. The lowest BCUT2D eigenvalue weighted by Gasteiger charge is -2.37. The van der Waals surface area contributed by atoms with Crippen molar-refractivity contribution in [3.05, 3.63) is 84.1 Å². The third-order valence-electron chi connectivity index (χ3n) is 13.9. The van der Waals surface area contributed by atoms with Crippen LogP contribution in [0, 0.1) is 0 Å². The van der Waals surface area contributed by atoms with E-state index in [1.807, 2.05) is 24.3 Å². The van der Waals surface area contributed by atoms with E-state index < -0.39 is 85.0 Å². The molecule has 0 saturated carbocycles. The summed E-state index contributed by atoms with van der Waals surface area (Å²) in [5, 5.41) is 44.2. The number of urea groups is 1. The molecule has 26 nitrogen and oxygen atoms in total. The van der Waals surface area contributed by atoms with Crippen LogP contribution in [0.15, 0.2) is 77.7 Å². The van der Waals surface area contributed by atoms with Crippen LogP contribution in [0.3, 0.4) is 0 Å². The topological polar surface area (TPSA) is 331 Å². The number of amides is 4. The average molecular weight is 1190 g/mol. The molecule has 6 N–H and O–H groups in total. The van der Waals surface area contributed by atoms with Gasteiger partial charge in [-0.05, 0) is 118 Å². The molecule has 4 rings (SSSR count). The maximum Gasteiger partial charge on any atom is 0.329 e. The van der Waals surface area contributed by atoms with Crippen molar-refractivity contribution in [3.63, 3.8) is 0 Å². The molecule has 1 aliphatic rings. The molecule has 85 heavy (non-hydrogen) atoms. The van der Waals surface area contributed by atoms with Crippen LogP contribution in [0.5, 0.6) is 34.5 Å². The van der Waals surface area contributed by atoms with Gasteiger partial charge in [0.25, 0.3) is 5.91 Å². The average Bonchev–Trinajstić information content (AvgIpc) is 3.68. The summed E-state index contributed by atoms with van der Waals surface area (Å²) >= 11 is 0. The number of esters is 1. The Bertz CT molecular complexity index is 2670. The van der Waals surface area contributed by atoms with Crippen molar-refractivity contribution in [3.8, 4) is 34.5 Å². The predicted octanol–water partition coefficient (Wildman–Crippen LogP) is 6.84. The van der Waals surface area contributed by atoms with E-state index in [0.717, 1.165) is 24.8 Å². The standard InChI is InChI=1S/C59H83N7O19/c1-9-11-18-43(41-35-50(79-6)54(81-8)51(36-41)80-7)55(70)65-28-13-12-20-46(65)58(75)85-47(24-21-39-22-25-48(77-4)49(33-39)78-5)40-16-14-17-42(34-40)84-37-52(67)60-27-30-82-31-32-83-38(3)66(64-61-10-2)29-15-19-44(56(71)72)62-59(76)63-45(57(73)74)23-26-53(68)69/h10,14,16-17,22,25,33-36,38,43-47H,2,9,11-13,15,18-21,23-24,26-32,37H2,1,3-8H3,(H,60,67)(H,68,69)(H,71,72)(H,73,74)(H2,62,63,76)/b64-61-/t38?,43?,44-,45-,46-,47+/m0/s1. The van der Waals surface area contributed by atoms with Crippen molar-refractivity contribution in [1.29, 1.82) is 0 Å². The normalized spacial score (nSPS) is 14.8. The minimum atomic E-state index is -1.54. The number of benzene rings is 3. The van der Waals surface area contributed by atoms with Crippen LogP contribution in [0.2, 0.25) is 0 Å². The second-order valence-corrected chi connectivity index (χ2v) is 19.7. The Kier molecular flexibility index (Phi) is 30.1. The van der Waals surface area contributed by atoms with Crippen LogP contribution < -0.4 is 44.4 Å². The quantitative estimate of drug-likeness (QED) is 0.0112. The van der Waals surface area contributed by atoms with Crippen LogP contribution in [0.4, 0.5) is 4.79 Å². The lowest BCUT2D eigenvalue weighted by molar-refractivity contribution is -0.162. The van der Waals surface area contributed by atoms with E-state index in [1.165, 1.54) is 32.5 Å². The maximum atomic E-state index is 14.8. The number of carboxylic acids is 3. The molecule has 3 aromatic carbocycles. The first-order chi connectivity index (χ1) is 40.9. The number of methoxy groups -OCH3 is 5. The number of hydrogen-bond donors (Lipinski definition) is 6. The number of aliphatic carboxylic acids is 3. The highest BCUT2D eigenvalue weighted by molar-refractivity contribution is 5.89. The number of carbonyl (C=O) groups excluding carboxylic acids is 4. The van der Waals surface area contributed by atoms with E-state index >= 15 is 0 Å². The van der Waals surface area contributed by atoms with Gasteiger partial charge in [0.15, 0.2) is 29.6 Å². The molecule has 0 aliphatic carbocycles. The van der Waals surface area contributed by atoms with Gasteiger partial charge in [-0.15, -0.1) is 5.11 Å². The summed E-state index contributed by atoms with van der Waals surface area (Å²) in [5.41, 5.74) is 2.20. The van der Waals surface area contributed by atoms with Crippen molar-refractivity contribution in [2.24, 2.45) is 10.3 Å². The van der Waals surface area contributed by atoms with Crippen LogP contribution in [-0.2, 0) is 49.4 Å². The largest absolute Gasteiger partial charge is 0.493 e. The van der Waals surface area contributed by atoms with E-state index in [4.69, 9.17) is 47.7 Å². The van der Waals surface area contributed by atoms with Gasteiger partial charge >= 0.3 is 29.9 Å². The smallest absolute Gasteiger partial charge is 0.329 e. The second-order valence-electron chi connectivity index (χ2n) is 19.7. The maximum absolute atomic E-state index is 14.8. The zero-order chi connectivity index (χ0) is 62.3. The van der Waals surface area contributed by atoms with Gasteiger partial charge in [-0.25, -0.2) is 19.2 Å². The lowest BCUT2D eigenvalue weighted by atomic mass is 9.89. The van der Waals surface area contributed by atoms with Gasteiger partial charge in [0.1, 0.15) is 36.2 Å². The number of piperidine rings is 1. The first kappa shape index (κ1) is 69.1. The van der Waals surface area contributed by atoms with E-state index in [9.17, 15) is 43.8 Å². The highest BCUT2D eigenvalue weighted by Gasteiger charge is 2.39. The van der Waals surface area contributed by atoms with Gasteiger partial charge in [0.05, 0.1) is 61.3 Å². The van der Waals surface area contributed by atoms with Gasteiger partial charge in [0.2, 0.25) is 11.7 Å².